The monoisotopic (exact) mass is 424 g/mol. The standard InChI is InChI=1S/C12H13IN2O7/c13-8-6(4-16)22-11(9(8)19)15-3-5(1-2-7(17)18)10(20)14-12(15)21/h1-3,6,8-9,11,16,19H,4H2,(H,17,18)(H,14,20,21)/b2-1+/t6-,8?,9-,11-/m1/s1. The molecule has 2 rings (SSSR count). The Morgan fingerprint density at radius 1 is 1.50 bits per heavy atom. The minimum atomic E-state index is -1.25. The van der Waals surface area contributed by atoms with Gasteiger partial charge in [-0.05, 0) is 6.08 Å². The molecule has 1 aliphatic rings. The molecule has 22 heavy (non-hydrogen) atoms. The largest absolute Gasteiger partial charge is 0.478 e. The van der Waals surface area contributed by atoms with Crippen molar-refractivity contribution < 1.29 is 24.9 Å². The first kappa shape index (κ1) is 16.9. The zero-order valence-corrected chi connectivity index (χ0v) is 13.2. The fourth-order valence-corrected chi connectivity index (χ4v) is 2.81. The lowest BCUT2D eigenvalue weighted by Gasteiger charge is -2.17. The number of rotatable bonds is 4. The number of nitrogens with one attached hydrogen (secondary N) is 1. The van der Waals surface area contributed by atoms with Gasteiger partial charge in [0.15, 0.2) is 6.23 Å². The third-order valence-corrected chi connectivity index (χ3v) is 4.68. The van der Waals surface area contributed by atoms with Crippen molar-refractivity contribution in [3.8, 4) is 0 Å². The molecule has 0 saturated carbocycles. The minimum absolute atomic E-state index is 0.0738. The third-order valence-electron chi connectivity index (χ3n) is 3.14. The van der Waals surface area contributed by atoms with Gasteiger partial charge in [0.1, 0.15) is 6.10 Å². The number of ether oxygens (including phenoxy) is 1. The molecule has 0 radical (unpaired) electrons. The molecule has 0 aromatic carbocycles. The van der Waals surface area contributed by atoms with Crippen LogP contribution in [0.5, 0.6) is 0 Å². The molecule has 2 heterocycles. The lowest BCUT2D eigenvalue weighted by Crippen LogP contribution is -2.37. The van der Waals surface area contributed by atoms with Gasteiger partial charge in [0.05, 0.1) is 22.2 Å². The predicted molar refractivity (Wildman–Crippen MR) is 82.8 cm³/mol. The molecule has 0 amide bonds. The Morgan fingerprint density at radius 3 is 2.73 bits per heavy atom. The van der Waals surface area contributed by atoms with Gasteiger partial charge < -0.3 is 20.1 Å². The number of aliphatic carboxylic acids is 1. The van der Waals surface area contributed by atoms with Crippen molar-refractivity contribution >= 4 is 34.6 Å². The van der Waals surface area contributed by atoms with Crippen LogP contribution in [0.4, 0.5) is 0 Å². The molecule has 10 heteroatoms. The molecule has 1 unspecified atom stereocenters. The summed E-state index contributed by atoms with van der Waals surface area (Å²) in [6.07, 6.45) is 0.0832. The van der Waals surface area contributed by atoms with Gasteiger partial charge in [-0.1, -0.05) is 22.6 Å². The Morgan fingerprint density at radius 2 is 2.18 bits per heavy atom. The second kappa shape index (κ2) is 6.73. The van der Waals surface area contributed by atoms with Crippen LogP contribution in [-0.2, 0) is 9.53 Å². The van der Waals surface area contributed by atoms with Gasteiger partial charge in [-0.15, -0.1) is 0 Å². The normalized spacial score (nSPS) is 28.3. The molecule has 1 aromatic heterocycles. The van der Waals surface area contributed by atoms with Crippen LogP contribution in [0.25, 0.3) is 6.08 Å². The lowest BCUT2D eigenvalue weighted by atomic mass is 10.2. The quantitative estimate of drug-likeness (QED) is 0.267. The molecule has 1 saturated heterocycles. The molecule has 1 fully saturated rings. The lowest BCUT2D eigenvalue weighted by molar-refractivity contribution is -0.131. The Kier molecular flexibility index (Phi) is 5.16. The second-order valence-electron chi connectivity index (χ2n) is 4.61. The number of aliphatic hydroxyl groups is 2. The van der Waals surface area contributed by atoms with Crippen molar-refractivity contribution in [1.82, 2.24) is 9.55 Å². The molecule has 120 valence electrons. The molecular formula is C12H13IN2O7. The Hall–Kier alpha value is -1.50. The van der Waals surface area contributed by atoms with Crippen molar-refractivity contribution in [3.63, 3.8) is 0 Å². The van der Waals surface area contributed by atoms with Gasteiger partial charge in [-0.3, -0.25) is 14.3 Å². The summed E-state index contributed by atoms with van der Waals surface area (Å²) in [7, 11) is 0. The summed E-state index contributed by atoms with van der Waals surface area (Å²) in [4.78, 5) is 36.0. The number of hydrogen-bond acceptors (Lipinski definition) is 6. The Bertz CT molecular complexity index is 710. The fourth-order valence-electron chi connectivity index (χ4n) is 2.06. The average molecular weight is 424 g/mol. The predicted octanol–water partition coefficient (Wildman–Crippen LogP) is -1.31. The van der Waals surface area contributed by atoms with Crippen molar-refractivity contribution in [2.24, 2.45) is 0 Å². The van der Waals surface area contributed by atoms with E-state index in [0.29, 0.717) is 0 Å². The maximum absolute atomic E-state index is 11.9. The van der Waals surface area contributed by atoms with Crippen LogP contribution in [0, 0.1) is 0 Å². The summed E-state index contributed by atoms with van der Waals surface area (Å²) in [6, 6.07) is 0. The maximum atomic E-state index is 11.9. The summed E-state index contributed by atoms with van der Waals surface area (Å²) in [5.74, 6) is -1.25. The first-order valence-corrected chi connectivity index (χ1v) is 7.44. The van der Waals surface area contributed by atoms with E-state index in [9.17, 15) is 19.5 Å². The highest BCUT2D eigenvalue weighted by molar-refractivity contribution is 14.1. The number of aromatic amines is 1. The highest BCUT2D eigenvalue weighted by Gasteiger charge is 2.43. The SMILES string of the molecule is O=C(O)/C=C/c1cn([C@@H]2O[C@H](CO)C(I)[C@H]2O)c(=O)[nH]c1=O. The van der Waals surface area contributed by atoms with Gasteiger partial charge in [0.2, 0.25) is 0 Å². The van der Waals surface area contributed by atoms with Gasteiger partial charge in [-0.25, -0.2) is 9.59 Å². The molecule has 1 aromatic rings. The van der Waals surface area contributed by atoms with Crippen LogP contribution in [0.2, 0.25) is 0 Å². The number of carboxylic acids is 1. The summed E-state index contributed by atoms with van der Waals surface area (Å²) in [5.41, 5.74) is -1.63. The number of aromatic nitrogens is 2. The zero-order valence-electron chi connectivity index (χ0n) is 11.0. The number of halogens is 1. The van der Waals surface area contributed by atoms with E-state index >= 15 is 0 Å². The summed E-state index contributed by atoms with van der Waals surface area (Å²) in [5, 5.41) is 27.9. The number of carboxylic acid groups (broad SMARTS) is 1. The van der Waals surface area contributed by atoms with E-state index in [4.69, 9.17) is 14.9 Å². The van der Waals surface area contributed by atoms with E-state index in [-0.39, 0.29) is 12.2 Å². The highest BCUT2D eigenvalue weighted by atomic mass is 127. The zero-order chi connectivity index (χ0) is 16.4. The maximum Gasteiger partial charge on any atom is 0.330 e. The summed E-state index contributed by atoms with van der Waals surface area (Å²) < 4.78 is 5.94. The molecule has 4 atom stereocenters. The van der Waals surface area contributed by atoms with E-state index in [0.717, 1.165) is 22.9 Å². The van der Waals surface area contributed by atoms with E-state index in [1.54, 1.807) is 0 Å². The molecule has 9 nitrogen and oxygen atoms in total. The van der Waals surface area contributed by atoms with E-state index < -0.39 is 39.6 Å². The van der Waals surface area contributed by atoms with Gasteiger partial charge >= 0.3 is 11.7 Å². The van der Waals surface area contributed by atoms with Crippen LogP contribution in [-0.4, -0.2) is 53.6 Å². The summed E-state index contributed by atoms with van der Waals surface area (Å²) >= 11 is 1.90. The Labute approximate surface area is 137 Å². The van der Waals surface area contributed by atoms with Gasteiger partial charge in [0.25, 0.3) is 5.56 Å². The van der Waals surface area contributed by atoms with Crippen molar-refractivity contribution in [2.45, 2.75) is 22.4 Å². The topological polar surface area (TPSA) is 142 Å². The number of hydrogen-bond donors (Lipinski definition) is 4. The second-order valence-corrected chi connectivity index (χ2v) is 6.04. The highest BCUT2D eigenvalue weighted by Crippen LogP contribution is 2.33. The average Bonchev–Trinajstić information content (AvgIpc) is 2.74. The van der Waals surface area contributed by atoms with Crippen LogP contribution in [0.3, 0.4) is 0 Å². The Balaban J connectivity index is 2.44. The van der Waals surface area contributed by atoms with Crippen LogP contribution in [0.15, 0.2) is 21.9 Å². The fraction of sp³-hybridized carbons (Fsp3) is 0.417. The number of H-pyrrole nitrogens is 1. The molecule has 0 spiro atoms. The van der Waals surface area contributed by atoms with Crippen LogP contribution >= 0.6 is 22.6 Å². The summed E-state index contributed by atoms with van der Waals surface area (Å²) in [6.45, 7) is -0.328. The van der Waals surface area contributed by atoms with Crippen LogP contribution in [0.1, 0.15) is 11.8 Å². The molecular weight excluding hydrogens is 411 g/mol. The van der Waals surface area contributed by atoms with Crippen molar-refractivity contribution in [1.29, 1.82) is 0 Å². The first-order chi connectivity index (χ1) is 10.3. The van der Waals surface area contributed by atoms with E-state index in [1.807, 2.05) is 27.6 Å². The van der Waals surface area contributed by atoms with Crippen molar-refractivity contribution in [3.05, 3.63) is 38.7 Å². The van der Waals surface area contributed by atoms with Crippen LogP contribution < -0.4 is 11.2 Å². The number of alkyl halides is 1. The molecule has 0 aliphatic carbocycles. The minimum Gasteiger partial charge on any atom is -0.478 e. The number of carbonyl (C=O) groups is 1. The van der Waals surface area contributed by atoms with E-state index in [2.05, 4.69) is 0 Å². The first-order valence-electron chi connectivity index (χ1n) is 6.20. The van der Waals surface area contributed by atoms with Gasteiger partial charge in [-0.2, -0.15) is 0 Å². The van der Waals surface area contributed by atoms with Gasteiger partial charge in [0, 0.05) is 12.3 Å². The van der Waals surface area contributed by atoms with E-state index in [1.165, 1.54) is 0 Å². The number of aliphatic hydroxyl groups excluding tert-OH is 2. The van der Waals surface area contributed by atoms with Crippen molar-refractivity contribution in [2.75, 3.05) is 6.61 Å². The smallest absolute Gasteiger partial charge is 0.330 e. The molecule has 1 aliphatic heterocycles. The third kappa shape index (κ3) is 3.29. The number of nitrogens with zero attached hydrogens (tertiary/aromatic N) is 1. The molecule has 4 N–H and O–H groups in total. The molecule has 0 bridgehead atoms.